The van der Waals surface area contributed by atoms with Crippen molar-refractivity contribution in [3.05, 3.63) is 53.8 Å². The fraction of sp³-hybridized carbons (Fsp3) is 0.588. The SMILES string of the molecule is CC(C)(F)CN(C[C@@H](O)[C@H](Cc1ccc(F)cc1)NC(=O)OCC[C@@H]1CO[C@@H]2OCCC[C@H]12)S(=O)(=O)c1ccc2nc(NC3CC3)sc2c1. The fourth-order valence-electron chi connectivity index (χ4n) is 6.38. The molecule has 15 heteroatoms. The first kappa shape index (κ1) is 35.9. The Morgan fingerprint density at radius 3 is 2.69 bits per heavy atom. The molecule has 6 rings (SSSR count). The van der Waals surface area contributed by atoms with Gasteiger partial charge in [0, 0.05) is 31.7 Å². The predicted octanol–water partition coefficient (Wildman–Crippen LogP) is 5.24. The highest BCUT2D eigenvalue weighted by atomic mass is 32.2. The van der Waals surface area contributed by atoms with E-state index in [2.05, 4.69) is 15.6 Å². The number of alkyl halides is 1. The minimum absolute atomic E-state index is 0.0323. The molecule has 3 fully saturated rings. The molecular formula is C34H44F2N4O7S2. The van der Waals surface area contributed by atoms with Crippen molar-refractivity contribution in [2.24, 2.45) is 11.8 Å². The van der Waals surface area contributed by atoms with Crippen LogP contribution in [0, 0.1) is 17.7 Å². The smallest absolute Gasteiger partial charge is 0.407 e. The van der Waals surface area contributed by atoms with Gasteiger partial charge < -0.3 is 30.0 Å². The zero-order valence-corrected chi connectivity index (χ0v) is 29.3. The molecule has 3 heterocycles. The van der Waals surface area contributed by atoms with Crippen LogP contribution >= 0.6 is 11.3 Å². The summed E-state index contributed by atoms with van der Waals surface area (Å²) in [5.41, 5.74) is -0.726. The number of nitrogens with one attached hydrogen (secondary N) is 2. The number of benzene rings is 2. The normalized spacial score (nSPS) is 22.5. The van der Waals surface area contributed by atoms with Gasteiger partial charge >= 0.3 is 6.09 Å². The van der Waals surface area contributed by atoms with Gasteiger partial charge in [0.1, 0.15) is 11.5 Å². The Morgan fingerprint density at radius 2 is 1.96 bits per heavy atom. The first-order chi connectivity index (χ1) is 23.3. The summed E-state index contributed by atoms with van der Waals surface area (Å²) in [6, 6.07) is 9.41. The van der Waals surface area contributed by atoms with E-state index >= 15 is 4.39 Å². The van der Waals surface area contributed by atoms with Crippen LogP contribution in [0.25, 0.3) is 10.2 Å². The van der Waals surface area contributed by atoms with Gasteiger partial charge in [0.15, 0.2) is 11.4 Å². The number of alkyl carbamates (subject to hydrolysis) is 1. The van der Waals surface area contributed by atoms with E-state index in [4.69, 9.17) is 14.2 Å². The quantitative estimate of drug-likeness (QED) is 0.192. The monoisotopic (exact) mass is 722 g/mol. The maximum atomic E-state index is 15.1. The van der Waals surface area contributed by atoms with Crippen LogP contribution in [0.3, 0.4) is 0 Å². The molecule has 49 heavy (non-hydrogen) atoms. The second-order valence-corrected chi connectivity index (χ2v) is 16.8. The van der Waals surface area contributed by atoms with Crippen molar-refractivity contribution >= 4 is 42.8 Å². The van der Waals surface area contributed by atoms with Crippen LogP contribution in [0.1, 0.15) is 51.5 Å². The molecule has 3 aromatic rings. The average molecular weight is 723 g/mol. The Bertz CT molecular complexity index is 1700. The highest BCUT2D eigenvalue weighted by Gasteiger charge is 2.40. The Morgan fingerprint density at radius 1 is 1.18 bits per heavy atom. The summed E-state index contributed by atoms with van der Waals surface area (Å²) in [6.45, 7) is 2.74. The molecule has 1 aliphatic carbocycles. The van der Waals surface area contributed by atoms with Crippen LogP contribution in [-0.2, 0) is 30.7 Å². The lowest BCUT2D eigenvalue weighted by Gasteiger charge is -2.32. The molecule has 1 amide bonds. The summed E-state index contributed by atoms with van der Waals surface area (Å²) < 4.78 is 75.4. The second kappa shape index (κ2) is 15.1. The largest absolute Gasteiger partial charge is 0.450 e. The van der Waals surface area contributed by atoms with Gasteiger partial charge in [-0.05, 0) is 94.2 Å². The van der Waals surface area contributed by atoms with Crippen LogP contribution in [0.15, 0.2) is 47.4 Å². The zero-order valence-electron chi connectivity index (χ0n) is 27.6. The van der Waals surface area contributed by atoms with Crippen molar-refractivity contribution in [3.8, 4) is 0 Å². The molecule has 3 aliphatic rings. The van der Waals surface area contributed by atoms with Gasteiger partial charge in [-0.15, -0.1) is 0 Å². The van der Waals surface area contributed by atoms with E-state index in [0.717, 1.165) is 30.0 Å². The van der Waals surface area contributed by atoms with E-state index in [-0.39, 0.29) is 36.0 Å². The third-order valence-corrected chi connectivity index (χ3v) is 11.9. The number of aliphatic hydroxyl groups excluding tert-OH is 1. The van der Waals surface area contributed by atoms with Crippen LogP contribution in [0.4, 0.5) is 18.7 Å². The molecular weight excluding hydrogens is 679 g/mol. The van der Waals surface area contributed by atoms with Crippen LogP contribution in [-0.4, -0.2) is 92.0 Å². The Balaban J connectivity index is 1.16. The van der Waals surface area contributed by atoms with Gasteiger partial charge in [-0.3, -0.25) is 0 Å². The van der Waals surface area contributed by atoms with Crippen LogP contribution < -0.4 is 10.6 Å². The summed E-state index contributed by atoms with van der Waals surface area (Å²) in [5, 5.41) is 18.2. The number of rotatable bonds is 15. The third-order valence-electron chi connectivity index (χ3n) is 9.10. The van der Waals surface area contributed by atoms with Crippen molar-refractivity contribution < 1.29 is 41.3 Å². The number of hydrogen-bond acceptors (Lipinski definition) is 10. The highest BCUT2D eigenvalue weighted by molar-refractivity contribution is 7.89. The van der Waals surface area contributed by atoms with Crippen molar-refractivity contribution in [2.45, 2.75) is 87.4 Å². The van der Waals surface area contributed by atoms with Crippen LogP contribution in [0.5, 0.6) is 0 Å². The minimum atomic E-state index is -4.32. The van der Waals surface area contributed by atoms with E-state index in [9.17, 15) is 22.7 Å². The molecule has 3 N–H and O–H groups in total. The van der Waals surface area contributed by atoms with Gasteiger partial charge in [-0.1, -0.05) is 23.5 Å². The second-order valence-electron chi connectivity index (χ2n) is 13.8. The van der Waals surface area contributed by atoms with Crippen molar-refractivity contribution in [3.63, 3.8) is 0 Å². The van der Waals surface area contributed by atoms with Gasteiger partial charge in [0.05, 0.1) is 40.5 Å². The number of amides is 1. The standard InChI is InChI=1S/C34H44F2N4O7S2/c1-34(2,36)20-40(49(43,44)25-11-12-27-30(17-25)48-32(38-27)37-24-9-10-24)18-29(41)28(16-21-5-7-23(35)8-6-21)39-33(42)46-15-13-22-19-47-31-26(22)4-3-14-45-31/h5-8,11-12,17,22,24,26,28-29,31,41H,3-4,9-10,13-16,18-20H2,1-2H3,(H,37,38)(H,39,42)/t22-,26-,28+,29-,31+/m1/s1. The average Bonchev–Trinajstić information content (AvgIpc) is 3.62. The summed E-state index contributed by atoms with van der Waals surface area (Å²) in [4.78, 5) is 17.5. The Kier molecular flexibility index (Phi) is 11.1. The maximum Gasteiger partial charge on any atom is 0.407 e. The summed E-state index contributed by atoms with van der Waals surface area (Å²) in [7, 11) is -4.32. The lowest BCUT2D eigenvalue weighted by atomic mass is 9.87. The molecule has 2 saturated heterocycles. The Hall–Kier alpha value is -2.95. The number of thiazole rings is 1. The third kappa shape index (κ3) is 9.44. The molecule has 2 aliphatic heterocycles. The number of fused-ring (bicyclic) bond motifs is 2. The number of carbonyl (C=O) groups is 1. The number of ether oxygens (including phenoxy) is 3. The summed E-state index contributed by atoms with van der Waals surface area (Å²) in [5.74, 6) is -0.0170. The number of sulfonamides is 1. The van der Waals surface area contributed by atoms with E-state index in [1.54, 1.807) is 6.07 Å². The zero-order chi connectivity index (χ0) is 34.8. The van der Waals surface area contributed by atoms with Crippen molar-refractivity contribution in [1.29, 1.82) is 0 Å². The molecule has 268 valence electrons. The molecule has 0 spiro atoms. The number of hydrogen-bond donors (Lipinski definition) is 3. The van der Waals surface area contributed by atoms with Gasteiger partial charge in [-0.25, -0.2) is 27.0 Å². The molecule has 11 nitrogen and oxygen atoms in total. The summed E-state index contributed by atoms with van der Waals surface area (Å²) >= 11 is 1.34. The number of halogens is 2. The number of carbonyl (C=O) groups excluding carboxylic acids is 1. The van der Waals surface area contributed by atoms with Crippen molar-refractivity contribution in [2.75, 3.05) is 38.2 Å². The first-order valence-electron chi connectivity index (χ1n) is 16.8. The molecule has 5 atom stereocenters. The van der Waals surface area contributed by atoms with Gasteiger partial charge in [-0.2, -0.15) is 4.31 Å². The number of anilines is 1. The number of aliphatic hydroxyl groups is 1. The Labute approximate surface area is 289 Å². The maximum absolute atomic E-state index is 15.1. The number of aromatic nitrogens is 1. The molecule has 0 bridgehead atoms. The molecule has 0 radical (unpaired) electrons. The fourth-order valence-corrected chi connectivity index (χ4v) is 9.07. The molecule has 1 aromatic heterocycles. The first-order valence-corrected chi connectivity index (χ1v) is 19.0. The minimum Gasteiger partial charge on any atom is -0.450 e. The van der Waals surface area contributed by atoms with E-state index < -0.39 is 52.8 Å². The van der Waals surface area contributed by atoms with E-state index in [1.807, 2.05) is 0 Å². The summed E-state index contributed by atoms with van der Waals surface area (Å²) in [6.07, 6.45) is 2.17. The molecule has 2 aromatic carbocycles. The van der Waals surface area contributed by atoms with Gasteiger partial charge in [0.2, 0.25) is 10.0 Å². The molecule has 0 unspecified atom stereocenters. The van der Waals surface area contributed by atoms with Crippen LogP contribution in [0.2, 0.25) is 0 Å². The molecule has 1 saturated carbocycles. The van der Waals surface area contributed by atoms with E-state index in [1.165, 1.54) is 61.6 Å². The van der Waals surface area contributed by atoms with Gasteiger partial charge in [0.25, 0.3) is 0 Å². The number of nitrogens with zero attached hydrogens (tertiary/aromatic N) is 2. The van der Waals surface area contributed by atoms with E-state index in [0.29, 0.717) is 46.6 Å². The lowest BCUT2D eigenvalue weighted by Crippen LogP contribution is -2.52. The topological polar surface area (TPSA) is 139 Å². The lowest BCUT2D eigenvalue weighted by molar-refractivity contribution is -0.151. The van der Waals surface area contributed by atoms with Crippen molar-refractivity contribution in [1.82, 2.24) is 14.6 Å². The predicted molar refractivity (Wildman–Crippen MR) is 181 cm³/mol. The highest BCUT2D eigenvalue weighted by Crippen LogP contribution is 2.37.